The van der Waals surface area contributed by atoms with Gasteiger partial charge < -0.3 is 10.1 Å². The van der Waals surface area contributed by atoms with Gasteiger partial charge >= 0.3 is 0 Å². The van der Waals surface area contributed by atoms with E-state index in [1.165, 1.54) is 0 Å². The van der Waals surface area contributed by atoms with E-state index in [0.717, 1.165) is 17.1 Å². The molecule has 0 radical (unpaired) electrons. The summed E-state index contributed by atoms with van der Waals surface area (Å²) in [5, 5.41) is 2.94. The Morgan fingerprint density at radius 2 is 1.96 bits per heavy atom. The van der Waals surface area contributed by atoms with Crippen molar-refractivity contribution in [1.29, 1.82) is 0 Å². The average Bonchev–Trinajstić information content (AvgIpc) is 3.07. The lowest BCUT2D eigenvalue weighted by Gasteiger charge is -2.11. The molecule has 3 aromatic rings. The lowest BCUT2D eigenvalue weighted by atomic mass is 10.1. The molecule has 0 fully saturated rings. The van der Waals surface area contributed by atoms with Gasteiger partial charge in [0, 0.05) is 25.0 Å². The van der Waals surface area contributed by atoms with E-state index in [0.29, 0.717) is 24.3 Å². The van der Waals surface area contributed by atoms with Gasteiger partial charge in [-0.05, 0) is 43.2 Å². The van der Waals surface area contributed by atoms with Gasteiger partial charge in [0.15, 0.2) is 5.82 Å². The Labute approximate surface area is 146 Å². The molecule has 0 saturated carbocycles. The molecule has 6 heteroatoms. The first-order valence-electron chi connectivity index (χ1n) is 8.05. The molecular formula is C19H20N4O2. The van der Waals surface area contributed by atoms with Crippen LogP contribution >= 0.6 is 0 Å². The van der Waals surface area contributed by atoms with Crippen molar-refractivity contribution in [3.8, 4) is 11.6 Å². The number of hydrogen-bond acceptors (Lipinski definition) is 4. The number of ether oxygens (including phenoxy) is 1. The molecule has 0 unspecified atom stereocenters. The number of carbonyl (C=O) groups is 1. The van der Waals surface area contributed by atoms with E-state index < -0.39 is 0 Å². The summed E-state index contributed by atoms with van der Waals surface area (Å²) in [5.41, 5.74) is 1.76. The third kappa shape index (κ3) is 4.03. The predicted molar refractivity (Wildman–Crippen MR) is 96.0 cm³/mol. The highest BCUT2D eigenvalue weighted by Gasteiger charge is 2.11. The number of aromatic nitrogens is 3. The van der Waals surface area contributed by atoms with Crippen LogP contribution in [0.15, 0.2) is 55.0 Å². The first-order valence-corrected chi connectivity index (χ1v) is 8.05. The highest BCUT2D eigenvalue weighted by atomic mass is 16.5. The van der Waals surface area contributed by atoms with Crippen LogP contribution in [0.25, 0.3) is 5.82 Å². The van der Waals surface area contributed by atoms with E-state index in [9.17, 15) is 4.79 Å². The fourth-order valence-electron chi connectivity index (χ4n) is 2.55. The summed E-state index contributed by atoms with van der Waals surface area (Å²) in [6, 6.07) is 11.4. The van der Waals surface area contributed by atoms with E-state index in [1.807, 2.05) is 48.0 Å². The van der Waals surface area contributed by atoms with E-state index in [4.69, 9.17) is 4.74 Å². The number of pyridine rings is 1. The number of hydrogen-bond donors (Lipinski definition) is 1. The monoisotopic (exact) mass is 336 g/mol. The normalized spacial score (nSPS) is 10.5. The summed E-state index contributed by atoms with van der Waals surface area (Å²) in [4.78, 5) is 20.9. The molecule has 0 aliphatic heterocycles. The van der Waals surface area contributed by atoms with Crippen LogP contribution in [0, 0.1) is 6.92 Å². The number of benzene rings is 1. The number of aryl methyl sites for hydroxylation is 2. The molecule has 1 amide bonds. The fraction of sp³-hybridized carbons (Fsp3) is 0.211. The number of nitrogens with zero attached hydrogens (tertiary/aromatic N) is 3. The van der Waals surface area contributed by atoms with E-state index in [1.54, 1.807) is 25.6 Å². The minimum absolute atomic E-state index is 0.0529. The Bertz CT molecular complexity index is 856. The third-order valence-electron chi connectivity index (χ3n) is 3.91. The molecule has 0 aliphatic rings. The van der Waals surface area contributed by atoms with Crippen LogP contribution in [0.4, 0.5) is 5.69 Å². The molecule has 3 rings (SSSR count). The average molecular weight is 336 g/mol. The van der Waals surface area contributed by atoms with Gasteiger partial charge in [-0.25, -0.2) is 9.97 Å². The van der Waals surface area contributed by atoms with Crippen molar-refractivity contribution in [3.63, 3.8) is 0 Å². The minimum atomic E-state index is -0.0529. The van der Waals surface area contributed by atoms with Gasteiger partial charge in [-0.15, -0.1) is 0 Å². The standard InChI is InChI=1S/C19H20N4O2/c1-14-20-12-13-23(14)19-17(4-3-11-21-19)22-18(24)10-7-15-5-8-16(25-2)9-6-15/h3-6,8-9,11-13H,7,10H2,1-2H3,(H,22,24). The largest absolute Gasteiger partial charge is 0.497 e. The lowest BCUT2D eigenvalue weighted by Crippen LogP contribution is -2.15. The zero-order chi connectivity index (χ0) is 17.6. The highest BCUT2D eigenvalue weighted by molar-refractivity contribution is 5.92. The Hall–Kier alpha value is -3.15. The topological polar surface area (TPSA) is 69.0 Å². The van der Waals surface area contributed by atoms with Crippen LogP contribution in [0.3, 0.4) is 0 Å². The zero-order valence-electron chi connectivity index (χ0n) is 14.3. The molecule has 1 N–H and O–H groups in total. The Balaban J connectivity index is 1.66. The quantitative estimate of drug-likeness (QED) is 0.751. The number of rotatable bonds is 6. The molecule has 0 saturated heterocycles. The maximum absolute atomic E-state index is 12.3. The highest BCUT2D eigenvalue weighted by Crippen LogP contribution is 2.19. The summed E-state index contributed by atoms with van der Waals surface area (Å²) in [6.45, 7) is 1.89. The van der Waals surface area contributed by atoms with E-state index >= 15 is 0 Å². The van der Waals surface area contributed by atoms with Gasteiger partial charge in [0.2, 0.25) is 5.91 Å². The predicted octanol–water partition coefficient (Wildman–Crippen LogP) is 3.16. The smallest absolute Gasteiger partial charge is 0.224 e. The summed E-state index contributed by atoms with van der Waals surface area (Å²) in [6.07, 6.45) is 6.28. The van der Waals surface area contributed by atoms with Gasteiger partial charge in [-0.1, -0.05) is 12.1 Å². The van der Waals surface area contributed by atoms with Crippen molar-refractivity contribution in [2.24, 2.45) is 0 Å². The molecule has 0 bridgehead atoms. The van der Waals surface area contributed by atoms with Crippen LogP contribution in [0.2, 0.25) is 0 Å². The van der Waals surface area contributed by atoms with Crippen LogP contribution < -0.4 is 10.1 Å². The molecule has 25 heavy (non-hydrogen) atoms. The minimum Gasteiger partial charge on any atom is -0.497 e. The maximum atomic E-state index is 12.3. The number of anilines is 1. The number of amides is 1. The summed E-state index contributed by atoms with van der Waals surface area (Å²) in [7, 11) is 1.63. The van der Waals surface area contributed by atoms with E-state index in [2.05, 4.69) is 15.3 Å². The molecular weight excluding hydrogens is 316 g/mol. The maximum Gasteiger partial charge on any atom is 0.224 e. The number of methoxy groups -OCH3 is 1. The molecule has 0 atom stereocenters. The van der Waals surface area contributed by atoms with E-state index in [-0.39, 0.29) is 5.91 Å². The molecule has 128 valence electrons. The van der Waals surface area contributed by atoms with Gasteiger partial charge in [-0.3, -0.25) is 9.36 Å². The van der Waals surface area contributed by atoms with Crippen LogP contribution in [0.1, 0.15) is 17.8 Å². The number of imidazole rings is 1. The zero-order valence-corrected chi connectivity index (χ0v) is 14.3. The molecule has 0 aliphatic carbocycles. The Kier molecular flexibility index (Phi) is 5.09. The summed E-state index contributed by atoms with van der Waals surface area (Å²) >= 11 is 0. The van der Waals surface area contributed by atoms with Crippen molar-refractivity contribution >= 4 is 11.6 Å². The lowest BCUT2D eigenvalue weighted by molar-refractivity contribution is -0.116. The summed E-state index contributed by atoms with van der Waals surface area (Å²) in [5.74, 6) is 2.23. The van der Waals surface area contributed by atoms with Crippen molar-refractivity contribution in [2.45, 2.75) is 19.8 Å². The van der Waals surface area contributed by atoms with Gasteiger partial charge in [0.1, 0.15) is 11.6 Å². The first-order chi connectivity index (χ1) is 12.2. The molecule has 0 spiro atoms. The van der Waals surface area contributed by atoms with Crippen molar-refractivity contribution in [3.05, 3.63) is 66.4 Å². The van der Waals surface area contributed by atoms with Crippen LogP contribution in [-0.4, -0.2) is 27.6 Å². The number of carbonyl (C=O) groups excluding carboxylic acids is 1. The first kappa shape index (κ1) is 16.7. The third-order valence-corrected chi connectivity index (χ3v) is 3.91. The molecule has 1 aromatic carbocycles. The van der Waals surface area contributed by atoms with Crippen molar-refractivity contribution in [1.82, 2.24) is 14.5 Å². The Morgan fingerprint density at radius 3 is 2.64 bits per heavy atom. The van der Waals surface area contributed by atoms with Crippen molar-refractivity contribution < 1.29 is 9.53 Å². The molecule has 6 nitrogen and oxygen atoms in total. The van der Waals surface area contributed by atoms with Crippen LogP contribution in [-0.2, 0) is 11.2 Å². The SMILES string of the molecule is COc1ccc(CCC(=O)Nc2cccnc2-n2ccnc2C)cc1. The molecule has 2 heterocycles. The second kappa shape index (κ2) is 7.61. The number of nitrogens with one attached hydrogen (secondary N) is 1. The summed E-state index contributed by atoms with van der Waals surface area (Å²) < 4.78 is 6.98. The second-order valence-corrected chi connectivity index (χ2v) is 5.62. The second-order valence-electron chi connectivity index (χ2n) is 5.62. The Morgan fingerprint density at radius 1 is 1.16 bits per heavy atom. The van der Waals surface area contributed by atoms with Gasteiger partial charge in [-0.2, -0.15) is 0 Å². The van der Waals surface area contributed by atoms with Crippen LogP contribution in [0.5, 0.6) is 5.75 Å². The fourth-order valence-corrected chi connectivity index (χ4v) is 2.55. The molecule has 2 aromatic heterocycles. The van der Waals surface area contributed by atoms with Crippen molar-refractivity contribution in [2.75, 3.05) is 12.4 Å². The van der Waals surface area contributed by atoms with Gasteiger partial charge in [0.05, 0.1) is 12.8 Å². The van der Waals surface area contributed by atoms with Gasteiger partial charge in [0.25, 0.3) is 0 Å².